The number of amides is 6. The first-order valence-electron chi connectivity index (χ1n) is 24.5. The summed E-state index contributed by atoms with van der Waals surface area (Å²) >= 11 is 0. The number of nitrogens with one attached hydrogen (secondary N) is 4. The Labute approximate surface area is 415 Å². The fraction of sp³-hybridized carbons (Fsp3) is 0.571. The molecule has 9 rings (SSSR count). The normalized spacial score (nSPS) is 19.2. The Balaban J connectivity index is 0.829. The van der Waals surface area contributed by atoms with Crippen molar-refractivity contribution in [1.29, 1.82) is 0 Å². The highest BCUT2D eigenvalue weighted by Gasteiger charge is 2.44. The van der Waals surface area contributed by atoms with Gasteiger partial charge < -0.3 is 25.0 Å². The van der Waals surface area contributed by atoms with Crippen LogP contribution in [0.4, 0.5) is 30.6 Å². The average molecular weight is 1020 g/mol. The van der Waals surface area contributed by atoms with E-state index in [0.29, 0.717) is 31.5 Å². The number of rotatable bonds is 11. The van der Waals surface area contributed by atoms with Crippen LogP contribution >= 0.6 is 0 Å². The van der Waals surface area contributed by atoms with Crippen LogP contribution in [0.25, 0.3) is 0 Å². The van der Waals surface area contributed by atoms with Crippen LogP contribution in [0, 0.1) is 5.92 Å². The summed E-state index contributed by atoms with van der Waals surface area (Å²) in [5, 5.41) is 3.97. The predicted octanol–water partition coefficient (Wildman–Crippen LogP) is 5.36. The van der Waals surface area contributed by atoms with Crippen LogP contribution in [0.15, 0.2) is 35.8 Å². The van der Waals surface area contributed by atoms with E-state index in [0.717, 1.165) is 107 Å². The number of fused-ring (bicyclic) bond motifs is 4. The van der Waals surface area contributed by atoms with Crippen molar-refractivity contribution in [2.45, 2.75) is 140 Å². The number of benzene rings is 2. The van der Waals surface area contributed by atoms with E-state index < -0.39 is 66.0 Å². The van der Waals surface area contributed by atoms with Gasteiger partial charge in [0.05, 0.1) is 0 Å². The Kier molecular flexibility index (Phi) is 13.6. The number of anilines is 2. The summed E-state index contributed by atoms with van der Waals surface area (Å²) in [5.41, 5.74) is 8.84. The van der Waals surface area contributed by atoms with Crippen molar-refractivity contribution in [1.82, 2.24) is 34.1 Å². The van der Waals surface area contributed by atoms with Crippen molar-refractivity contribution in [3.8, 4) is 0 Å². The van der Waals surface area contributed by atoms with Gasteiger partial charge in [0, 0.05) is 69.1 Å². The number of hydrogen-bond donors (Lipinski definition) is 4. The summed E-state index contributed by atoms with van der Waals surface area (Å²) in [6.07, 6.45) is 12.4. The largest absolute Gasteiger partial charge is 0.443 e. The number of urea groups is 2. The van der Waals surface area contributed by atoms with Gasteiger partial charge in [0.2, 0.25) is 26.0 Å². The number of hydrogen-bond acceptors (Lipinski definition) is 13. The van der Waals surface area contributed by atoms with Crippen LogP contribution in [0.2, 0.25) is 0 Å². The molecule has 6 aliphatic rings. The molecule has 382 valence electrons. The van der Waals surface area contributed by atoms with Crippen LogP contribution in [0.1, 0.15) is 110 Å². The van der Waals surface area contributed by atoms with Crippen molar-refractivity contribution in [3.63, 3.8) is 0 Å². The molecule has 6 amide bonds. The van der Waals surface area contributed by atoms with Gasteiger partial charge in [-0.25, -0.2) is 55.4 Å². The second-order valence-corrected chi connectivity index (χ2v) is 25.4. The molecule has 0 spiro atoms. The zero-order valence-electron chi connectivity index (χ0n) is 41.2. The lowest BCUT2D eigenvalue weighted by atomic mass is 9.91. The van der Waals surface area contributed by atoms with Crippen LogP contribution in [-0.4, -0.2) is 127 Å². The molecular formula is C49H64N10O10S2. The first-order valence-corrected chi connectivity index (χ1v) is 27.6. The number of ether oxygens (including phenoxy) is 2. The average Bonchev–Trinajstić information content (AvgIpc) is 4.07. The van der Waals surface area contributed by atoms with Gasteiger partial charge in [-0.2, -0.15) is 0 Å². The molecule has 1 unspecified atom stereocenters. The third kappa shape index (κ3) is 11.1. The van der Waals surface area contributed by atoms with Crippen LogP contribution in [0.5, 0.6) is 0 Å². The number of nitrogens with zero attached hydrogens (tertiary/aromatic N) is 6. The molecule has 3 aromatic rings. The highest BCUT2D eigenvalue weighted by atomic mass is 32.2. The SMILES string of the molecule is CN(C(=O)OC(C)(C)C)/C(=N\C(=O)OC(C)(C)CC1Cc2cc3c(c(NC(=O)NS(=O)(=O)C4CN(Cc5cncnc5)C4)c2C1)CCC3)N1CC(S(=O)(=O)NC(=O)Nc2c3c(cc4c2CCC4)CCC3)C1. The van der Waals surface area contributed by atoms with E-state index in [9.17, 15) is 36.0 Å². The Morgan fingerprint density at radius 1 is 0.704 bits per heavy atom. The van der Waals surface area contributed by atoms with E-state index in [1.807, 2.05) is 4.90 Å². The molecule has 4 N–H and O–H groups in total. The smallest absolute Gasteiger partial charge is 0.437 e. The Hall–Kier alpha value is -5.87. The lowest BCUT2D eigenvalue weighted by Gasteiger charge is -2.42. The monoisotopic (exact) mass is 1020 g/mol. The highest BCUT2D eigenvalue weighted by molar-refractivity contribution is 7.91. The van der Waals surface area contributed by atoms with Crippen LogP contribution in [0.3, 0.4) is 0 Å². The molecule has 22 heteroatoms. The number of aromatic nitrogens is 2. The van der Waals surface area contributed by atoms with E-state index in [1.165, 1.54) is 29.4 Å². The molecular weight excluding hydrogens is 953 g/mol. The molecule has 2 aliphatic heterocycles. The molecule has 2 saturated heterocycles. The molecule has 0 radical (unpaired) electrons. The molecule has 1 atom stereocenters. The quantitative estimate of drug-likeness (QED) is 0.140. The van der Waals surface area contributed by atoms with Gasteiger partial charge >= 0.3 is 24.2 Å². The molecule has 71 heavy (non-hydrogen) atoms. The number of guanidine groups is 1. The van der Waals surface area contributed by atoms with E-state index >= 15 is 0 Å². The number of carbonyl (C=O) groups excluding carboxylic acids is 4. The first-order chi connectivity index (χ1) is 33.5. The molecule has 0 saturated carbocycles. The maximum Gasteiger partial charge on any atom is 0.437 e. The minimum absolute atomic E-state index is 0.0266. The van der Waals surface area contributed by atoms with Gasteiger partial charge in [-0.15, -0.1) is 4.99 Å². The van der Waals surface area contributed by atoms with Gasteiger partial charge in [0.25, 0.3) is 0 Å². The molecule has 20 nitrogen and oxygen atoms in total. The van der Waals surface area contributed by atoms with Gasteiger partial charge in [0.15, 0.2) is 0 Å². The molecule has 2 fully saturated rings. The second-order valence-electron chi connectivity index (χ2n) is 21.5. The lowest BCUT2D eigenvalue weighted by Crippen LogP contribution is -2.63. The second kappa shape index (κ2) is 19.3. The lowest BCUT2D eigenvalue weighted by molar-refractivity contribution is 0.0269. The first kappa shape index (κ1) is 50.1. The van der Waals surface area contributed by atoms with Gasteiger partial charge in [-0.3, -0.25) is 9.80 Å². The van der Waals surface area contributed by atoms with Gasteiger partial charge in [0.1, 0.15) is 28.0 Å². The molecule has 4 aliphatic carbocycles. The van der Waals surface area contributed by atoms with Gasteiger partial charge in [-0.1, -0.05) is 12.1 Å². The van der Waals surface area contributed by atoms with Crippen LogP contribution in [-0.2, 0) is 87.4 Å². The number of aryl methyl sites for hydroxylation is 3. The van der Waals surface area contributed by atoms with E-state index in [1.54, 1.807) is 47.0 Å². The fourth-order valence-electron chi connectivity index (χ4n) is 11.1. The summed E-state index contributed by atoms with van der Waals surface area (Å²) in [6.45, 7) is 9.25. The van der Waals surface area contributed by atoms with E-state index in [4.69, 9.17) is 9.47 Å². The summed E-state index contributed by atoms with van der Waals surface area (Å²) in [6, 6.07) is 2.74. The summed E-state index contributed by atoms with van der Waals surface area (Å²) < 4.78 is 69.7. The Morgan fingerprint density at radius 3 is 1.75 bits per heavy atom. The van der Waals surface area contributed by atoms with Crippen molar-refractivity contribution in [2.24, 2.45) is 10.9 Å². The van der Waals surface area contributed by atoms with Crippen molar-refractivity contribution < 1.29 is 45.5 Å². The third-order valence-corrected chi connectivity index (χ3v) is 17.6. The minimum atomic E-state index is -4.21. The summed E-state index contributed by atoms with van der Waals surface area (Å²) in [5.74, 6) is -0.205. The molecule has 2 aromatic carbocycles. The molecule has 1 aromatic heterocycles. The maximum atomic E-state index is 13.8. The molecule has 0 bridgehead atoms. The van der Waals surface area contributed by atoms with E-state index in [2.05, 4.69) is 47.2 Å². The van der Waals surface area contributed by atoms with Crippen molar-refractivity contribution in [3.05, 3.63) is 80.9 Å². The highest BCUT2D eigenvalue weighted by Crippen LogP contribution is 2.43. The standard InChI is InChI=1S/C49H64N10O10S2/c1-48(2,3)69-47(63)57(6)45(59-26-36(27-59)71(66,67)56-43(60)52-41-37-13-7-10-31(37)18-32-11-8-14-38(32)41)54-46(62)68-49(4,5)20-29-16-34-19-33-12-9-15-39(33)42(40(34)17-29)53-44(61)55-70(64,65)35-24-58(25-35)23-30-21-50-28-51-22-30/h18-19,21-22,28-29,35-36H,7-17,20,23-27H2,1-6H3,(H2,52,56,60)(H2,53,55,61)/b54-45+. The predicted molar refractivity (Wildman–Crippen MR) is 265 cm³/mol. The number of carbonyl (C=O) groups is 4. The zero-order chi connectivity index (χ0) is 50.6. The van der Waals surface area contributed by atoms with Crippen molar-refractivity contribution in [2.75, 3.05) is 43.9 Å². The number of aliphatic imine (C=N–C) groups is 1. The van der Waals surface area contributed by atoms with Crippen LogP contribution < -0.4 is 20.1 Å². The maximum absolute atomic E-state index is 13.8. The summed E-state index contributed by atoms with van der Waals surface area (Å²) in [7, 11) is -6.81. The summed E-state index contributed by atoms with van der Waals surface area (Å²) in [4.78, 5) is 70.5. The number of sulfonamides is 2. The topological polar surface area (TPSA) is 251 Å². The third-order valence-electron chi connectivity index (χ3n) is 14.3. The van der Waals surface area contributed by atoms with Crippen molar-refractivity contribution >= 4 is 61.6 Å². The molecule has 3 heterocycles. The number of likely N-dealkylation sites (tertiary alicyclic amines) is 2. The Morgan fingerprint density at radius 2 is 1.21 bits per heavy atom. The zero-order valence-corrected chi connectivity index (χ0v) is 42.9. The van der Waals surface area contributed by atoms with E-state index in [-0.39, 0.29) is 38.1 Å². The van der Waals surface area contributed by atoms with Gasteiger partial charge in [-0.05, 0) is 162 Å². The fourth-order valence-corrected chi connectivity index (χ4v) is 13.6. The minimum Gasteiger partial charge on any atom is -0.443 e. The Bertz CT molecular complexity index is 2860.